The molecule has 4 N–H and O–H groups in total. The SMILES string of the molecule is C#CC1=CC(N)(N2CCN(C(=N)SC)CC2)c2ccc(Cl)cc2C(C)(Cn2ccnc2C)C1.CC=N. The van der Waals surface area contributed by atoms with Crippen molar-refractivity contribution in [3.63, 3.8) is 0 Å². The molecule has 1 aromatic carbocycles. The van der Waals surface area contributed by atoms with Crippen LogP contribution in [-0.2, 0) is 17.6 Å². The molecule has 2 unspecified atom stereocenters. The van der Waals surface area contributed by atoms with E-state index in [1.165, 1.54) is 18.0 Å². The van der Waals surface area contributed by atoms with Crippen molar-refractivity contribution in [2.24, 2.45) is 5.73 Å². The number of benzene rings is 1. The molecule has 1 fully saturated rings. The highest BCUT2D eigenvalue weighted by Crippen LogP contribution is 2.44. The summed E-state index contributed by atoms with van der Waals surface area (Å²) in [5.41, 5.74) is 9.14. The molecule has 0 amide bonds. The molecule has 1 saturated heterocycles. The van der Waals surface area contributed by atoms with Crippen molar-refractivity contribution >= 4 is 34.7 Å². The van der Waals surface area contributed by atoms with Crippen LogP contribution in [0.25, 0.3) is 0 Å². The van der Waals surface area contributed by atoms with Gasteiger partial charge < -0.3 is 20.6 Å². The molecule has 0 spiro atoms. The number of rotatable bonds is 3. The van der Waals surface area contributed by atoms with Crippen LogP contribution < -0.4 is 5.73 Å². The Morgan fingerprint density at radius 3 is 2.53 bits per heavy atom. The molecule has 9 heteroatoms. The van der Waals surface area contributed by atoms with Crippen LogP contribution in [0.5, 0.6) is 0 Å². The Kier molecular flexibility index (Phi) is 9.07. The van der Waals surface area contributed by atoms with E-state index >= 15 is 0 Å². The maximum absolute atomic E-state index is 8.17. The minimum atomic E-state index is -0.850. The summed E-state index contributed by atoms with van der Waals surface area (Å²) in [5.74, 6) is 3.88. The summed E-state index contributed by atoms with van der Waals surface area (Å²) in [5, 5.41) is 15.5. The Bertz CT molecular complexity index is 1180. The topological polar surface area (TPSA) is 98.0 Å². The first-order chi connectivity index (χ1) is 17.1. The molecule has 1 aromatic heterocycles. The van der Waals surface area contributed by atoms with Gasteiger partial charge >= 0.3 is 0 Å². The highest BCUT2D eigenvalue weighted by Gasteiger charge is 2.44. The van der Waals surface area contributed by atoms with Gasteiger partial charge in [-0.3, -0.25) is 10.3 Å². The second kappa shape index (κ2) is 11.7. The van der Waals surface area contributed by atoms with Gasteiger partial charge in [0.25, 0.3) is 0 Å². The zero-order valence-electron chi connectivity index (χ0n) is 21.5. The Balaban J connectivity index is 0.00000115. The van der Waals surface area contributed by atoms with E-state index in [4.69, 9.17) is 34.6 Å². The van der Waals surface area contributed by atoms with Crippen molar-refractivity contribution in [3.05, 3.63) is 64.2 Å². The summed E-state index contributed by atoms with van der Waals surface area (Å²) >= 11 is 7.99. The number of nitrogens with one attached hydrogen (secondary N) is 2. The summed E-state index contributed by atoms with van der Waals surface area (Å²) in [4.78, 5) is 8.79. The number of piperazine rings is 1. The number of hydrogen-bond acceptors (Lipinski definition) is 6. The van der Waals surface area contributed by atoms with Gasteiger partial charge in [0.1, 0.15) is 11.5 Å². The molecule has 1 aliphatic carbocycles. The van der Waals surface area contributed by atoms with Crippen LogP contribution in [0.4, 0.5) is 0 Å². The lowest BCUT2D eigenvalue weighted by atomic mass is 9.75. The summed E-state index contributed by atoms with van der Waals surface area (Å²) < 4.78 is 2.16. The number of terminal acetylenes is 1. The van der Waals surface area contributed by atoms with Gasteiger partial charge in [0.05, 0.1) is 0 Å². The van der Waals surface area contributed by atoms with E-state index in [0.29, 0.717) is 16.6 Å². The summed E-state index contributed by atoms with van der Waals surface area (Å²) in [6.45, 7) is 9.63. The number of hydrogen-bond donors (Lipinski definition) is 3. The van der Waals surface area contributed by atoms with Crippen molar-refractivity contribution in [3.8, 4) is 12.3 Å². The number of amidine groups is 1. The van der Waals surface area contributed by atoms with Gasteiger partial charge in [0, 0.05) is 61.1 Å². The molecule has 192 valence electrons. The molecular formula is C27H36ClN7S. The summed E-state index contributed by atoms with van der Waals surface area (Å²) in [7, 11) is 0. The molecule has 0 bridgehead atoms. The predicted molar refractivity (Wildman–Crippen MR) is 152 cm³/mol. The fourth-order valence-corrected chi connectivity index (χ4v) is 5.74. The first kappa shape index (κ1) is 28.0. The van der Waals surface area contributed by atoms with Crippen molar-refractivity contribution in [1.82, 2.24) is 19.4 Å². The Morgan fingerprint density at radius 2 is 1.97 bits per heavy atom. The molecule has 2 atom stereocenters. The average Bonchev–Trinajstić information content (AvgIpc) is 3.23. The minimum absolute atomic E-state index is 0.312. The third-order valence-corrected chi connectivity index (χ3v) is 7.83. The number of allylic oxidation sites excluding steroid dienone is 1. The highest BCUT2D eigenvalue weighted by atomic mass is 35.5. The smallest absolute Gasteiger partial charge is 0.156 e. The predicted octanol–water partition coefficient (Wildman–Crippen LogP) is 4.45. The van der Waals surface area contributed by atoms with Crippen LogP contribution in [0.1, 0.15) is 37.2 Å². The second-order valence-electron chi connectivity index (χ2n) is 9.44. The van der Waals surface area contributed by atoms with E-state index in [1.54, 1.807) is 6.92 Å². The third-order valence-electron chi connectivity index (χ3n) is 6.95. The van der Waals surface area contributed by atoms with Crippen LogP contribution in [0.2, 0.25) is 5.02 Å². The van der Waals surface area contributed by atoms with Crippen LogP contribution >= 0.6 is 23.4 Å². The number of imidazole rings is 1. The number of nitrogens with two attached hydrogens (primary N) is 1. The average molecular weight is 526 g/mol. The largest absolute Gasteiger partial charge is 0.349 e. The Hall–Kier alpha value is -2.57. The first-order valence-electron chi connectivity index (χ1n) is 11.9. The van der Waals surface area contributed by atoms with Crippen molar-refractivity contribution in [1.29, 1.82) is 10.8 Å². The van der Waals surface area contributed by atoms with Crippen molar-refractivity contribution in [2.75, 3.05) is 32.4 Å². The Labute approximate surface area is 224 Å². The molecule has 4 rings (SSSR count). The molecule has 2 aromatic rings. The van der Waals surface area contributed by atoms with Gasteiger partial charge in [-0.15, -0.1) is 6.42 Å². The third kappa shape index (κ3) is 5.70. The quantitative estimate of drug-likeness (QED) is 0.312. The molecule has 2 aliphatic rings. The molecular weight excluding hydrogens is 490 g/mol. The van der Waals surface area contributed by atoms with E-state index < -0.39 is 5.66 Å². The van der Waals surface area contributed by atoms with Gasteiger partial charge in [-0.25, -0.2) is 4.98 Å². The van der Waals surface area contributed by atoms with E-state index in [-0.39, 0.29) is 5.41 Å². The van der Waals surface area contributed by atoms with Gasteiger partial charge in [-0.2, -0.15) is 0 Å². The van der Waals surface area contributed by atoms with Gasteiger partial charge in [0.15, 0.2) is 5.17 Å². The fraction of sp³-hybridized carbons (Fsp3) is 0.444. The number of fused-ring (bicyclic) bond motifs is 1. The number of aryl methyl sites for hydroxylation is 1. The maximum atomic E-state index is 8.17. The molecule has 7 nitrogen and oxygen atoms in total. The number of aromatic nitrogens is 2. The number of nitrogens with zero attached hydrogens (tertiary/aromatic N) is 4. The lowest BCUT2D eigenvalue weighted by Crippen LogP contribution is -2.59. The van der Waals surface area contributed by atoms with E-state index in [9.17, 15) is 0 Å². The van der Waals surface area contributed by atoms with Crippen LogP contribution in [0, 0.1) is 30.1 Å². The van der Waals surface area contributed by atoms with Crippen molar-refractivity contribution in [2.45, 2.75) is 44.8 Å². The van der Waals surface area contributed by atoms with Crippen LogP contribution in [0.15, 0.2) is 42.2 Å². The first-order valence-corrected chi connectivity index (χ1v) is 13.5. The molecule has 0 saturated carbocycles. The minimum Gasteiger partial charge on any atom is -0.349 e. The van der Waals surface area contributed by atoms with Crippen LogP contribution in [0.3, 0.4) is 0 Å². The monoisotopic (exact) mass is 525 g/mol. The highest BCUT2D eigenvalue weighted by molar-refractivity contribution is 8.13. The lowest BCUT2D eigenvalue weighted by Gasteiger charge is -2.45. The van der Waals surface area contributed by atoms with Gasteiger partial charge in [-0.05, 0) is 62.1 Å². The second-order valence-corrected chi connectivity index (χ2v) is 10.7. The van der Waals surface area contributed by atoms with Crippen molar-refractivity contribution < 1.29 is 0 Å². The van der Waals surface area contributed by atoms with Gasteiger partial charge in [0.2, 0.25) is 0 Å². The van der Waals surface area contributed by atoms with E-state index in [1.807, 2.05) is 31.6 Å². The fourth-order valence-electron chi connectivity index (χ4n) is 5.13. The normalized spacial score (nSPS) is 23.9. The van der Waals surface area contributed by atoms with Gasteiger partial charge in [-0.1, -0.05) is 42.3 Å². The summed E-state index contributed by atoms with van der Waals surface area (Å²) in [6, 6.07) is 6.03. The maximum Gasteiger partial charge on any atom is 0.156 e. The molecule has 2 heterocycles. The molecule has 0 radical (unpaired) electrons. The lowest BCUT2D eigenvalue weighted by molar-refractivity contribution is 0.0856. The standard InChI is InChI=1S/C25H31ClN6S.C2H5N/c1-5-19-15-24(3,17-31-9-8-29-18(31)2)22-14-20(26)6-7-21(22)25(28,16-19)32-12-10-30(11-13-32)23(27)33-4;1-2-3/h1,6-9,14,16,27H,10-13,15,17,28H2,2-4H3;2-3H,1H3. The molecule has 1 aliphatic heterocycles. The number of halogens is 1. The summed E-state index contributed by atoms with van der Waals surface area (Å²) in [6.07, 6.45) is 15.8. The van der Waals surface area contributed by atoms with Crippen LogP contribution in [-0.4, -0.2) is 63.2 Å². The van der Waals surface area contributed by atoms with E-state index in [2.05, 4.69) is 50.4 Å². The number of thioether (sulfide) groups is 1. The zero-order valence-corrected chi connectivity index (χ0v) is 23.1. The zero-order chi connectivity index (χ0) is 26.5. The Morgan fingerprint density at radius 1 is 1.31 bits per heavy atom. The van der Waals surface area contributed by atoms with E-state index in [0.717, 1.165) is 55.2 Å². The molecule has 36 heavy (non-hydrogen) atoms.